The van der Waals surface area contributed by atoms with E-state index in [2.05, 4.69) is 14.5 Å². The lowest BCUT2D eigenvalue weighted by Crippen LogP contribution is -2.48. The molecule has 0 saturated carbocycles. The first kappa shape index (κ1) is 16.7. The number of carbonyl (C=O) groups excluding carboxylic acids is 1. The zero-order valence-electron chi connectivity index (χ0n) is 13.8. The quantitative estimate of drug-likeness (QED) is 0.816. The van der Waals surface area contributed by atoms with Crippen molar-refractivity contribution in [2.24, 2.45) is 0 Å². The molecule has 0 N–H and O–H groups in total. The zero-order valence-corrected chi connectivity index (χ0v) is 14.6. The Morgan fingerprint density at radius 2 is 1.92 bits per heavy atom. The summed E-state index contributed by atoms with van der Waals surface area (Å²) in [6.45, 7) is 3.93. The normalized spacial score (nSPS) is 15.3. The number of ether oxygens (including phenoxy) is 2. The molecule has 0 spiro atoms. The molecule has 1 saturated heterocycles. The average Bonchev–Trinajstić information content (AvgIpc) is 3.16. The molecule has 24 heavy (non-hydrogen) atoms. The van der Waals surface area contributed by atoms with Gasteiger partial charge in [-0.3, -0.25) is 9.69 Å². The van der Waals surface area contributed by atoms with Crippen molar-refractivity contribution in [2.45, 2.75) is 6.54 Å². The Bertz CT molecular complexity index is 685. The molecule has 1 fully saturated rings. The molecule has 1 aliphatic heterocycles. The van der Waals surface area contributed by atoms with Crippen LogP contribution in [0.25, 0.3) is 0 Å². The van der Waals surface area contributed by atoms with Gasteiger partial charge in [0.15, 0.2) is 11.5 Å². The molecule has 1 aliphatic rings. The van der Waals surface area contributed by atoms with Gasteiger partial charge in [0.2, 0.25) is 0 Å². The van der Waals surface area contributed by atoms with Crippen molar-refractivity contribution >= 4 is 17.4 Å². The molecule has 2 aromatic rings. The van der Waals surface area contributed by atoms with E-state index >= 15 is 0 Å². The van der Waals surface area contributed by atoms with Gasteiger partial charge in [-0.25, -0.2) is 0 Å². The van der Waals surface area contributed by atoms with Gasteiger partial charge in [0.1, 0.15) is 4.88 Å². The number of hydrogen-bond donors (Lipinski definition) is 0. The average molecular weight is 348 g/mol. The van der Waals surface area contributed by atoms with Gasteiger partial charge in [0, 0.05) is 32.7 Å². The molecule has 1 aromatic carbocycles. The topological polar surface area (TPSA) is 67.8 Å². The van der Waals surface area contributed by atoms with Crippen LogP contribution in [0, 0.1) is 0 Å². The first-order valence-corrected chi connectivity index (χ1v) is 8.48. The van der Waals surface area contributed by atoms with Crippen LogP contribution < -0.4 is 9.47 Å². The summed E-state index contributed by atoms with van der Waals surface area (Å²) in [5, 5.41) is 3.73. The fourth-order valence-corrected chi connectivity index (χ4v) is 3.25. The molecule has 0 aliphatic carbocycles. The second-order valence-electron chi connectivity index (χ2n) is 5.54. The van der Waals surface area contributed by atoms with Gasteiger partial charge in [-0.05, 0) is 29.2 Å². The minimum atomic E-state index is 0.0239. The third-order valence-corrected chi connectivity index (χ3v) is 4.74. The van der Waals surface area contributed by atoms with Gasteiger partial charge in [0.25, 0.3) is 5.91 Å². The van der Waals surface area contributed by atoms with Gasteiger partial charge in [-0.2, -0.15) is 0 Å². The summed E-state index contributed by atoms with van der Waals surface area (Å²) in [6, 6.07) is 5.96. The minimum absolute atomic E-state index is 0.0239. The predicted octanol–water partition coefficient (Wildman–Crippen LogP) is 1.51. The van der Waals surface area contributed by atoms with E-state index < -0.39 is 0 Å². The largest absolute Gasteiger partial charge is 0.493 e. The molecule has 7 nitrogen and oxygen atoms in total. The van der Waals surface area contributed by atoms with Crippen LogP contribution in [0.5, 0.6) is 11.5 Å². The first-order valence-electron chi connectivity index (χ1n) is 7.71. The van der Waals surface area contributed by atoms with Crippen LogP contribution >= 0.6 is 11.5 Å². The monoisotopic (exact) mass is 348 g/mol. The molecular weight excluding hydrogens is 328 g/mol. The first-order chi connectivity index (χ1) is 11.7. The highest BCUT2D eigenvalue weighted by Gasteiger charge is 2.23. The van der Waals surface area contributed by atoms with Crippen LogP contribution in [0.2, 0.25) is 0 Å². The van der Waals surface area contributed by atoms with Crippen molar-refractivity contribution in [3.63, 3.8) is 0 Å². The molecule has 0 atom stereocenters. The standard InChI is InChI=1S/C16H20N4O3S/c1-22-13-4-3-12(9-14(13)23-2)11-19-5-7-20(8-6-19)16(21)15-10-17-18-24-15/h3-4,9-10H,5-8,11H2,1-2H3. The Morgan fingerprint density at radius 1 is 1.17 bits per heavy atom. The summed E-state index contributed by atoms with van der Waals surface area (Å²) in [7, 11) is 3.27. The van der Waals surface area contributed by atoms with E-state index in [1.54, 1.807) is 14.2 Å². The molecule has 0 bridgehead atoms. The molecule has 2 heterocycles. The number of amides is 1. The van der Waals surface area contributed by atoms with Crippen LogP contribution in [-0.4, -0.2) is 65.7 Å². The number of benzene rings is 1. The highest BCUT2D eigenvalue weighted by Crippen LogP contribution is 2.28. The fraction of sp³-hybridized carbons (Fsp3) is 0.438. The minimum Gasteiger partial charge on any atom is -0.493 e. The number of carbonyl (C=O) groups is 1. The molecule has 0 unspecified atom stereocenters. The van der Waals surface area contributed by atoms with Crippen molar-refractivity contribution in [3.05, 3.63) is 34.8 Å². The Kier molecular flexibility index (Phi) is 5.27. The van der Waals surface area contributed by atoms with E-state index in [4.69, 9.17) is 9.47 Å². The third kappa shape index (κ3) is 3.65. The smallest absolute Gasteiger partial charge is 0.267 e. The van der Waals surface area contributed by atoms with Gasteiger partial charge in [0.05, 0.1) is 20.4 Å². The zero-order chi connectivity index (χ0) is 16.9. The van der Waals surface area contributed by atoms with Gasteiger partial charge in [-0.15, -0.1) is 5.10 Å². The summed E-state index contributed by atoms with van der Waals surface area (Å²) in [6.07, 6.45) is 1.53. The summed E-state index contributed by atoms with van der Waals surface area (Å²) >= 11 is 1.14. The van der Waals surface area contributed by atoms with Crippen LogP contribution in [0.3, 0.4) is 0 Å². The van der Waals surface area contributed by atoms with E-state index in [1.165, 1.54) is 11.8 Å². The number of nitrogens with zero attached hydrogens (tertiary/aromatic N) is 4. The van der Waals surface area contributed by atoms with Crippen LogP contribution in [-0.2, 0) is 6.54 Å². The van der Waals surface area contributed by atoms with Gasteiger partial charge in [-0.1, -0.05) is 10.6 Å². The third-order valence-electron chi connectivity index (χ3n) is 4.09. The summed E-state index contributed by atoms with van der Waals surface area (Å²) in [5.41, 5.74) is 1.17. The Morgan fingerprint density at radius 3 is 2.54 bits per heavy atom. The van der Waals surface area contributed by atoms with Gasteiger partial charge >= 0.3 is 0 Å². The maximum atomic E-state index is 12.3. The Labute approximate surface area is 144 Å². The lowest BCUT2D eigenvalue weighted by Gasteiger charge is -2.34. The van der Waals surface area contributed by atoms with Crippen molar-refractivity contribution in [3.8, 4) is 11.5 Å². The van der Waals surface area contributed by atoms with E-state index in [0.29, 0.717) is 18.0 Å². The van der Waals surface area contributed by atoms with Gasteiger partial charge < -0.3 is 14.4 Å². The Balaban J connectivity index is 1.56. The van der Waals surface area contributed by atoms with E-state index in [9.17, 15) is 4.79 Å². The van der Waals surface area contributed by atoms with Crippen molar-refractivity contribution in [1.29, 1.82) is 0 Å². The van der Waals surface area contributed by atoms with Crippen LogP contribution in [0.1, 0.15) is 15.2 Å². The fourth-order valence-electron chi connectivity index (χ4n) is 2.76. The maximum Gasteiger partial charge on any atom is 0.267 e. The molecule has 8 heteroatoms. The predicted molar refractivity (Wildman–Crippen MR) is 90.6 cm³/mol. The molecule has 3 rings (SSSR count). The SMILES string of the molecule is COc1ccc(CN2CCN(C(=O)c3cnns3)CC2)cc1OC. The molecule has 1 amide bonds. The second-order valence-corrected chi connectivity index (χ2v) is 6.33. The molecule has 128 valence electrons. The van der Waals surface area contributed by atoms with Crippen LogP contribution in [0.15, 0.2) is 24.4 Å². The Hall–Kier alpha value is -2.19. The van der Waals surface area contributed by atoms with Crippen molar-refractivity contribution in [2.75, 3.05) is 40.4 Å². The number of methoxy groups -OCH3 is 2. The highest BCUT2D eigenvalue weighted by molar-refractivity contribution is 7.07. The number of hydrogen-bond acceptors (Lipinski definition) is 7. The van der Waals surface area contributed by atoms with E-state index in [1.807, 2.05) is 23.1 Å². The maximum absolute atomic E-state index is 12.3. The molecule has 1 aromatic heterocycles. The number of piperazine rings is 1. The van der Waals surface area contributed by atoms with Crippen LogP contribution in [0.4, 0.5) is 0 Å². The van der Waals surface area contributed by atoms with Crippen molar-refractivity contribution < 1.29 is 14.3 Å². The van der Waals surface area contributed by atoms with Crippen molar-refractivity contribution in [1.82, 2.24) is 19.4 Å². The second kappa shape index (κ2) is 7.59. The number of aromatic nitrogens is 2. The lowest BCUT2D eigenvalue weighted by molar-refractivity contribution is 0.0633. The van der Waals surface area contributed by atoms with E-state index in [0.717, 1.165) is 42.7 Å². The summed E-state index contributed by atoms with van der Waals surface area (Å²) in [5.74, 6) is 1.49. The summed E-state index contributed by atoms with van der Waals surface area (Å²) in [4.78, 5) is 17.1. The summed E-state index contributed by atoms with van der Waals surface area (Å²) < 4.78 is 14.4. The lowest BCUT2D eigenvalue weighted by atomic mass is 10.1. The number of rotatable bonds is 5. The molecule has 0 radical (unpaired) electrons. The molecular formula is C16H20N4O3S. The van der Waals surface area contributed by atoms with E-state index in [-0.39, 0.29) is 5.91 Å². The highest BCUT2D eigenvalue weighted by atomic mass is 32.1.